The maximum Gasteiger partial charge on any atom is 0.416 e. The highest BCUT2D eigenvalue weighted by atomic mass is 35.5. The van der Waals surface area contributed by atoms with Gasteiger partial charge >= 0.3 is 6.18 Å². The van der Waals surface area contributed by atoms with E-state index in [9.17, 15) is 13.2 Å². The molecule has 113 heavy (non-hydrogen) atoms. The number of nitrogens with zero attached hydrogens (tertiary/aromatic N) is 18. The molecule has 0 amide bonds. The molecular weight excluding hydrogens is 1500 g/mol. The number of alkyl halides is 3. The number of benzene rings is 6. The molecule has 4 aliphatic rings. The first-order valence-corrected chi connectivity index (χ1v) is 37.3. The van der Waals surface area contributed by atoms with Gasteiger partial charge in [0.25, 0.3) is 0 Å². The van der Waals surface area contributed by atoms with Crippen molar-refractivity contribution in [3.05, 3.63) is 203 Å². The Morgan fingerprint density at radius 2 is 0.796 bits per heavy atom. The molecule has 4 aliphatic heterocycles. The molecule has 1 N–H and O–H groups in total. The Balaban J connectivity index is 0.000000141. The highest BCUT2D eigenvalue weighted by Gasteiger charge is 2.31. The van der Waals surface area contributed by atoms with Crippen LogP contribution in [0.25, 0.3) is 32.7 Å². The summed E-state index contributed by atoms with van der Waals surface area (Å²) in [5.74, 6) is 9.41. The van der Waals surface area contributed by atoms with Gasteiger partial charge in [-0.3, -0.25) is 0 Å². The maximum atomic E-state index is 12.7. The van der Waals surface area contributed by atoms with Gasteiger partial charge in [0.1, 0.15) is 62.4 Å². The Hall–Kier alpha value is -11.9. The SMILES string of the molecule is COc1cc2ncnc(N3CCN(c4ncc(Cc5ccccc5)cn4)CC3)c2cc1OC[C@H]1CNCCO1.COc1cc2ncnc(N3CCN(c4ncc(OCc5cc(Cl)cc(Cl)c5)cn4)CC3)c2cc1OC.COc1cc2ncnc(N3CCN(c4ncc(OCc5ccc(C(F)(F)F)cc5)cn4)CC3)c2cc1OC. The molecule has 0 saturated carbocycles. The Morgan fingerprint density at radius 3 is 1.20 bits per heavy atom. The van der Waals surface area contributed by atoms with Crippen molar-refractivity contribution in [2.45, 2.75) is 31.9 Å². The summed E-state index contributed by atoms with van der Waals surface area (Å²) in [6.07, 6.45) is 11.6. The molecule has 16 rings (SSSR count). The van der Waals surface area contributed by atoms with E-state index in [1.165, 1.54) is 17.7 Å². The van der Waals surface area contributed by atoms with Crippen LogP contribution in [0.5, 0.6) is 46.0 Å². The summed E-state index contributed by atoms with van der Waals surface area (Å²) in [5, 5.41) is 7.21. The number of halogens is 5. The summed E-state index contributed by atoms with van der Waals surface area (Å²) in [6, 6.07) is 32.0. The predicted molar refractivity (Wildman–Crippen MR) is 425 cm³/mol. The zero-order valence-electron chi connectivity index (χ0n) is 62.7. The van der Waals surface area contributed by atoms with Gasteiger partial charge in [-0.1, -0.05) is 65.7 Å². The molecule has 0 spiro atoms. The molecule has 0 bridgehead atoms. The van der Waals surface area contributed by atoms with E-state index in [-0.39, 0.29) is 12.7 Å². The summed E-state index contributed by atoms with van der Waals surface area (Å²) in [5.41, 5.74) is 5.55. The van der Waals surface area contributed by atoms with Gasteiger partial charge < -0.3 is 77.3 Å². The lowest BCUT2D eigenvalue weighted by molar-refractivity contribution is -0.137. The number of morpholine rings is 1. The average molecular weight is 1580 g/mol. The number of ether oxygens (including phenoxy) is 9. The molecule has 10 heterocycles. The first-order chi connectivity index (χ1) is 55.1. The molecule has 0 radical (unpaired) electrons. The quantitative estimate of drug-likeness (QED) is 0.0660. The molecule has 6 aromatic carbocycles. The van der Waals surface area contributed by atoms with Crippen LogP contribution in [0.1, 0.15) is 27.8 Å². The van der Waals surface area contributed by atoms with Gasteiger partial charge in [-0.15, -0.1) is 0 Å². The van der Waals surface area contributed by atoms with Crippen LogP contribution < -0.4 is 72.6 Å². The number of hydrogen-bond acceptors (Lipinski definition) is 28. The number of hydrogen-bond donors (Lipinski definition) is 1. The van der Waals surface area contributed by atoms with Crippen LogP contribution in [-0.2, 0) is 30.5 Å². The van der Waals surface area contributed by atoms with Crippen molar-refractivity contribution >= 4 is 91.2 Å². The molecule has 33 heteroatoms. The van der Waals surface area contributed by atoms with E-state index in [4.69, 9.17) is 65.8 Å². The second-order valence-electron chi connectivity index (χ2n) is 26.5. The lowest BCUT2D eigenvalue weighted by atomic mass is 10.1. The van der Waals surface area contributed by atoms with E-state index >= 15 is 0 Å². The lowest BCUT2D eigenvalue weighted by Crippen LogP contribution is -2.47. The summed E-state index contributed by atoms with van der Waals surface area (Å²) < 4.78 is 88.9. The second-order valence-corrected chi connectivity index (χ2v) is 27.4. The van der Waals surface area contributed by atoms with Crippen LogP contribution in [0.15, 0.2) is 165 Å². The van der Waals surface area contributed by atoms with Crippen molar-refractivity contribution in [3.63, 3.8) is 0 Å². The highest BCUT2D eigenvalue weighted by molar-refractivity contribution is 6.34. The Bertz CT molecular complexity index is 5130. The first-order valence-electron chi connectivity index (χ1n) is 36.5. The Kier molecular flexibility index (Phi) is 25.1. The standard InChI is InChI=1S/C29H33N7O3.C26H25F3N6O3.C25H24Cl2N6O3/c1-37-26-15-25-24(14-27(26)39-19-23-18-30-7-12-38-23)28(34-20-33-25)35-8-10-36(11-9-35)29-31-16-22(17-32-29)13-21-5-3-2-4-6-21;1-36-22-11-20-21(12-23(22)37-2)32-16-33-24(20)34-7-9-35(10-8-34)25-30-13-19(14-31-25)38-15-17-3-5-18(6-4-17)26(27,28)29;1-34-22-10-20-21(11-23(22)35-2)30-15-31-24(20)32-3-5-33(6-4-32)25-28-12-19(13-29-25)36-14-16-7-17(26)9-18(27)8-16/h2-6,14-17,20,23,30H,7-13,18-19H2,1H3;3-6,11-14,16H,7-10,15H2,1-2H3;7-13,15H,3-6,14H2,1-2H3/t23-;;/m1../s1. The third-order valence-electron chi connectivity index (χ3n) is 19.3. The van der Waals surface area contributed by atoms with Crippen LogP contribution in [0.3, 0.4) is 0 Å². The minimum atomic E-state index is -4.36. The van der Waals surface area contributed by atoms with E-state index in [1.54, 1.807) is 85.4 Å². The Labute approximate surface area is 659 Å². The van der Waals surface area contributed by atoms with E-state index in [0.29, 0.717) is 120 Å². The molecule has 4 saturated heterocycles. The van der Waals surface area contributed by atoms with E-state index < -0.39 is 11.7 Å². The number of rotatable bonds is 22. The molecular formula is C80H82Cl2F3N19O9. The molecule has 1 atom stereocenters. The number of methoxy groups -OCH3 is 5. The minimum Gasteiger partial charge on any atom is -0.493 e. The minimum absolute atomic E-state index is 0.00773. The second kappa shape index (κ2) is 36.5. The monoisotopic (exact) mass is 1580 g/mol. The molecule has 586 valence electrons. The summed E-state index contributed by atoms with van der Waals surface area (Å²) in [7, 11) is 8.06. The fraction of sp³-hybridized carbons (Fsp3) is 0.325. The summed E-state index contributed by atoms with van der Waals surface area (Å²) >= 11 is 12.1. The predicted octanol–water partition coefficient (Wildman–Crippen LogP) is 11.7. The molecule has 28 nitrogen and oxygen atoms in total. The largest absolute Gasteiger partial charge is 0.493 e. The van der Waals surface area contributed by atoms with Crippen molar-refractivity contribution in [1.29, 1.82) is 0 Å². The van der Waals surface area contributed by atoms with Crippen LogP contribution in [-0.4, -0.2) is 206 Å². The molecule has 6 aromatic heterocycles. The maximum absolute atomic E-state index is 12.7. The van der Waals surface area contributed by atoms with Crippen molar-refractivity contribution in [2.24, 2.45) is 0 Å². The zero-order chi connectivity index (χ0) is 78.2. The van der Waals surface area contributed by atoms with Gasteiger partial charge in [0, 0.05) is 155 Å². The number of anilines is 6. The van der Waals surface area contributed by atoms with Crippen molar-refractivity contribution in [3.8, 4) is 46.0 Å². The molecule has 12 aromatic rings. The van der Waals surface area contributed by atoms with Crippen LogP contribution in [0.4, 0.5) is 48.5 Å². The molecule has 0 unspecified atom stereocenters. The van der Waals surface area contributed by atoms with Gasteiger partial charge in [-0.05, 0) is 70.8 Å². The molecule has 0 aliphatic carbocycles. The average Bonchev–Trinajstić information content (AvgIpc) is 0.790. The van der Waals surface area contributed by atoms with Crippen LogP contribution in [0, 0.1) is 0 Å². The highest BCUT2D eigenvalue weighted by Crippen LogP contribution is 2.39. The van der Waals surface area contributed by atoms with Gasteiger partial charge in [0.05, 0.1) is 89.1 Å². The molecule has 4 fully saturated rings. The summed E-state index contributed by atoms with van der Waals surface area (Å²) in [6.45, 7) is 12.2. The summed E-state index contributed by atoms with van der Waals surface area (Å²) in [4.78, 5) is 67.3. The third-order valence-corrected chi connectivity index (χ3v) is 19.8. The van der Waals surface area contributed by atoms with E-state index in [0.717, 1.165) is 151 Å². The van der Waals surface area contributed by atoms with Crippen LogP contribution >= 0.6 is 23.2 Å². The van der Waals surface area contributed by atoms with E-state index in [1.807, 2.05) is 67.0 Å². The number of piperazine rings is 3. The van der Waals surface area contributed by atoms with Crippen molar-refractivity contribution < 1.29 is 55.8 Å². The third kappa shape index (κ3) is 19.3. The van der Waals surface area contributed by atoms with Crippen molar-refractivity contribution in [2.75, 3.05) is 170 Å². The fourth-order valence-electron chi connectivity index (χ4n) is 13.4. The number of fused-ring (bicyclic) bond motifs is 3. The van der Waals surface area contributed by atoms with Gasteiger partial charge in [-0.2, -0.15) is 13.2 Å². The van der Waals surface area contributed by atoms with E-state index in [2.05, 4.69) is 119 Å². The van der Waals surface area contributed by atoms with Crippen LogP contribution in [0.2, 0.25) is 10.0 Å². The topological polar surface area (TPSA) is 269 Å². The fourth-order valence-corrected chi connectivity index (χ4v) is 14.0. The van der Waals surface area contributed by atoms with Gasteiger partial charge in [0.2, 0.25) is 17.8 Å². The number of nitrogens with one attached hydrogen (secondary N) is 1. The Morgan fingerprint density at radius 1 is 0.407 bits per heavy atom. The van der Waals surface area contributed by atoms with Gasteiger partial charge in [-0.25, -0.2) is 59.8 Å². The normalized spacial score (nSPS) is 15.2. The van der Waals surface area contributed by atoms with Gasteiger partial charge in [0.15, 0.2) is 46.0 Å². The van der Waals surface area contributed by atoms with Crippen molar-refractivity contribution in [1.82, 2.24) is 65.1 Å². The number of aromatic nitrogens is 12. The smallest absolute Gasteiger partial charge is 0.416 e. The first kappa shape index (κ1) is 77.8. The lowest BCUT2D eigenvalue weighted by Gasteiger charge is -2.35. The zero-order valence-corrected chi connectivity index (χ0v) is 64.2.